The van der Waals surface area contributed by atoms with Crippen molar-refractivity contribution in [3.63, 3.8) is 0 Å². The predicted octanol–water partition coefficient (Wildman–Crippen LogP) is 4.51. The number of anilines is 2. The first kappa shape index (κ1) is 14.7. The van der Waals surface area contributed by atoms with Gasteiger partial charge in [-0.2, -0.15) is 4.98 Å². The van der Waals surface area contributed by atoms with E-state index in [9.17, 15) is 4.79 Å². The minimum Gasteiger partial charge on any atom is -0.318 e. The fourth-order valence-corrected chi connectivity index (χ4v) is 3.58. The van der Waals surface area contributed by atoms with Crippen molar-refractivity contribution >= 4 is 32.2 Å². The third-order valence-corrected chi connectivity index (χ3v) is 4.56. The van der Waals surface area contributed by atoms with Crippen LogP contribution in [0.5, 0.6) is 0 Å². The van der Waals surface area contributed by atoms with E-state index in [0.717, 1.165) is 34.0 Å². The molecule has 0 bridgehead atoms. The molecule has 0 aliphatic rings. The van der Waals surface area contributed by atoms with Gasteiger partial charge in [0, 0.05) is 16.9 Å². The molecule has 3 rings (SSSR count). The lowest BCUT2D eigenvalue weighted by Crippen LogP contribution is -2.21. The van der Waals surface area contributed by atoms with Crippen LogP contribution in [0.1, 0.15) is 18.9 Å². The summed E-state index contributed by atoms with van der Waals surface area (Å²) in [6, 6.07) is 16.0. The lowest BCUT2D eigenvalue weighted by atomic mass is 10.2. The minimum atomic E-state index is -0.152. The zero-order valence-electron chi connectivity index (χ0n) is 12.7. The summed E-state index contributed by atoms with van der Waals surface area (Å²) < 4.78 is 0.993. The van der Waals surface area contributed by atoms with E-state index >= 15 is 0 Å². The van der Waals surface area contributed by atoms with Crippen molar-refractivity contribution < 1.29 is 0 Å². The Kier molecular flexibility index (Phi) is 4.20. The predicted molar refractivity (Wildman–Crippen MR) is 94.4 cm³/mol. The van der Waals surface area contributed by atoms with Crippen molar-refractivity contribution in [2.24, 2.45) is 0 Å². The van der Waals surface area contributed by atoms with Crippen LogP contribution >= 0.6 is 11.3 Å². The summed E-state index contributed by atoms with van der Waals surface area (Å²) in [6.07, 6.45) is 0.989. The average molecular weight is 310 g/mol. The lowest BCUT2D eigenvalue weighted by Gasteiger charge is -2.22. The molecule has 0 radical (unpaired) electrons. The smallest absolute Gasteiger partial charge is 0.281 e. The molecule has 0 N–H and O–H groups in total. The van der Waals surface area contributed by atoms with Crippen LogP contribution < -0.4 is 10.5 Å². The van der Waals surface area contributed by atoms with Crippen molar-refractivity contribution in [1.82, 2.24) is 4.98 Å². The number of fused-ring (bicyclic) bond motifs is 1. The van der Waals surface area contributed by atoms with E-state index in [1.807, 2.05) is 37.3 Å². The van der Waals surface area contributed by atoms with Gasteiger partial charge in [-0.3, -0.25) is 4.79 Å². The number of aromatic nitrogens is 1. The van der Waals surface area contributed by atoms with Crippen molar-refractivity contribution in [2.75, 3.05) is 11.4 Å². The van der Waals surface area contributed by atoms with E-state index in [0.29, 0.717) is 5.39 Å². The molecule has 1 heterocycles. The van der Waals surface area contributed by atoms with Crippen LogP contribution in [0.4, 0.5) is 10.8 Å². The summed E-state index contributed by atoms with van der Waals surface area (Å²) in [7, 11) is 0. The van der Waals surface area contributed by atoms with Gasteiger partial charge in [0.05, 0.1) is 5.39 Å². The molecule has 0 saturated heterocycles. The Morgan fingerprint density at radius 3 is 2.64 bits per heavy atom. The first-order chi connectivity index (χ1) is 10.7. The Balaban J connectivity index is 2.16. The zero-order valence-corrected chi connectivity index (χ0v) is 13.6. The van der Waals surface area contributed by atoms with E-state index < -0.39 is 0 Å². The Hall–Kier alpha value is -2.20. The van der Waals surface area contributed by atoms with E-state index in [4.69, 9.17) is 0 Å². The molecule has 3 nitrogen and oxygen atoms in total. The summed E-state index contributed by atoms with van der Waals surface area (Å²) in [5, 5.41) is 1.46. The van der Waals surface area contributed by atoms with Gasteiger partial charge in [0.25, 0.3) is 5.56 Å². The highest BCUT2D eigenvalue weighted by Gasteiger charge is 2.13. The largest absolute Gasteiger partial charge is 0.318 e. The van der Waals surface area contributed by atoms with E-state index in [2.05, 4.69) is 35.0 Å². The normalized spacial score (nSPS) is 10.8. The zero-order chi connectivity index (χ0) is 15.5. The fourth-order valence-electron chi connectivity index (χ4n) is 2.44. The van der Waals surface area contributed by atoms with Gasteiger partial charge in [0.15, 0.2) is 5.13 Å². The number of rotatable bonds is 4. The summed E-state index contributed by atoms with van der Waals surface area (Å²) >= 11 is 1.57. The molecule has 0 saturated carbocycles. The molecule has 0 unspecified atom stereocenters. The van der Waals surface area contributed by atoms with Gasteiger partial charge >= 0.3 is 0 Å². The number of hydrogen-bond acceptors (Lipinski definition) is 4. The van der Waals surface area contributed by atoms with Crippen molar-refractivity contribution in [3.8, 4) is 0 Å². The van der Waals surface area contributed by atoms with E-state index in [1.54, 1.807) is 11.3 Å². The summed E-state index contributed by atoms with van der Waals surface area (Å²) in [5.41, 5.74) is 2.07. The topological polar surface area (TPSA) is 33.2 Å². The maximum atomic E-state index is 12.3. The van der Waals surface area contributed by atoms with Gasteiger partial charge in [-0.1, -0.05) is 42.5 Å². The summed E-state index contributed by atoms with van der Waals surface area (Å²) in [5.74, 6) is 0. The highest BCUT2D eigenvalue weighted by molar-refractivity contribution is 7.21. The molecule has 0 atom stereocenters. The third-order valence-electron chi connectivity index (χ3n) is 3.51. The van der Waals surface area contributed by atoms with E-state index in [-0.39, 0.29) is 5.56 Å². The Labute approximate surface area is 133 Å². The Morgan fingerprint density at radius 2 is 1.91 bits per heavy atom. The SMILES string of the molecule is CCCN(c1ccccc1)c1nc(=O)c2ccc(C)cc2s1. The van der Waals surface area contributed by atoms with Crippen LogP contribution in [0.2, 0.25) is 0 Å². The second kappa shape index (κ2) is 6.28. The fraction of sp³-hybridized carbons (Fsp3) is 0.222. The van der Waals surface area contributed by atoms with Crippen LogP contribution in [-0.2, 0) is 0 Å². The Morgan fingerprint density at radius 1 is 1.14 bits per heavy atom. The third kappa shape index (κ3) is 2.88. The second-order valence-corrected chi connectivity index (χ2v) is 6.30. The molecule has 0 spiro atoms. The van der Waals surface area contributed by atoms with Crippen LogP contribution in [0.15, 0.2) is 53.3 Å². The number of hydrogen-bond donors (Lipinski definition) is 0. The average Bonchev–Trinajstić information content (AvgIpc) is 2.53. The Bertz CT molecular complexity index is 843. The molecule has 22 heavy (non-hydrogen) atoms. The first-order valence-electron chi connectivity index (χ1n) is 7.43. The quantitative estimate of drug-likeness (QED) is 0.710. The molecule has 1 aromatic heterocycles. The van der Waals surface area contributed by atoms with Gasteiger partial charge in [0.1, 0.15) is 0 Å². The standard InChI is InChI=1S/C18H18N2OS/c1-3-11-20(14-7-5-4-6-8-14)18-19-17(21)15-10-9-13(2)12-16(15)22-18/h4-10,12H,3,11H2,1-2H3. The van der Waals surface area contributed by atoms with Crippen LogP contribution in [0.3, 0.4) is 0 Å². The maximum absolute atomic E-state index is 12.3. The number of benzene rings is 2. The highest BCUT2D eigenvalue weighted by Crippen LogP contribution is 2.30. The van der Waals surface area contributed by atoms with Gasteiger partial charge in [0.2, 0.25) is 0 Å². The molecular weight excluding hydrogens is 292 g/mol. The van der Waals surface area contributed by atoms with Crippen LogP contribution in [0, 0.1) is 6.92 Å². The molecule has 0 aliphatic heterocycles. The molecule has 0 fully saturated rings. The highest BCUT2D eigenvalue weighted by atomic mass is 32.1. The van der Waals surface area contributed by atoms with Crippen molar-refractivity contribution in [2.45, 2.75) is 20.3 Å². The minimum absolute atomic E-state index is 0.152. The molecule has 0 aliphatic carbocycles. The maximum Gasteiger partial charge on any atom is 0.281 e. The monoisotopic (exact) mass is 310 g/mol. The molecule has 112 valence electrons. The van der Waals surface area contributed by atoms with Crippen LogP contribution in [0.25, 0.3) is 10.1 Å². The molecule has 4 heteroatoms. The first-order valence-corrected chi connectivity index (χ1v) is 8.25. The van der Waals surface area contributed by atoms with Gasteiger partial charge in [-0.25, -0.2) is 0 Å². The number of para-hydroxylation sites is 1. The summed E-state index contributed by atoms with van der Waals surface area (Å²) in [4.78, 5) is 18.8. The molecule has 2 aromatic carbocycles. The van der Waals surface area contributed by atoms with Gasteiger partial charge < -0.3 is 4.90 Å². The molecule has 0 amide bonds. The van der Waals surface area contributed by atoms with Gasteiger partial charge in [-0.05, 0) is 43.2 Å². The molecule has 3 aromatic rings. The number of aryl methyl sites for hydroxylation is 1. The number of nitrogens with zero attached hydrogens (tertiary/aromatic N) is 2. The van der Waals surface area contributed by atoms with Crippen molar-refractivity contribution in [3.05, 3.63) is 64.4 Å². The van der Waals surface area contributed by atoms with E-state index in [1.165, 1.54) is 0 Å². The van der Waals surface area contributed by atoms with Crippen LogP contribution in [-0.4, -0.2) is 11.5 Å². The molecular formula is C18H18N2OS. The lowest BCUT2D eigenvalue weighted by molar-refractivity contribution is 0.878. The second-order valence-electron chi connectivity index (χ2n) is 5.29. The summed E-state index contributed by atoms with van der Waals surface area (Å²) in [6.45, 7) is 5.01. The van der Waals surface area contributed by atoms with Crippen molar-refractivity contribution in [1.29, 1.82) is 0 Å². The van der Waals surface area contributed by atoms with Gasteiger partial charge in [-0.15, -0.1) is 0 Å².